The molecule has 0 aliphatic carbocycles. The van der Waals surface area contributed by atoms with E-state index in [4.69, 9.17) is 11.2 Å². The molecule has 0 aromatic heterocycles. The van der Waals surface area contributed by atoms with Gasteiger partial charge in [0.25, 0.3) is 11.6 Å². The summed E-state index contributed by atoms with van der Waals surface area (Å²) in [7, 11) is 0. The van der Waals surface area contributed by atoms with Gasteiger partial charge in [-0.1, -0.05) is 5.92 Å². The molecule has 0 bridgehead atoms. The molecule has 0 unspecified atom stereocenters. The fourth-order valence-corrected chi connectivity index (χ4v) is 1.57. The molecule has 1 rings (SSSR count). The number of hydrogen-bond acceptors (Lipinski definition) is 4. The van der Waals surface area contributed by atoms with Gasteiger partial charge in [0.05, 0.1) is 17.0 Å². The number of benzene rings is 1. The van der Waals surface area contributed by atoms with Gasteiger partial charge in [-0.25, -0.2) is 0 Å². The van der Waals surface area contributed by atoms with Crippen LogP contribution in [0.2, 0.25) is 0 Å². The van der Waals surface area contributed by atoms with Crippen molar-refractivity contribution in [2.75, 3.05) is 13.2 Å². The molecule has 6 nitrogen and oxygen atoms in total. The minimum Gasteiger partial charge on any atom is -0.483 e. The van der Waals surface area contributed by atoms with Crippen LogP contribution in [0.1, 0.15) is 11.1 Å². The fourth-order valence-electron chi connectivity index (χ4n) is 1.57. The number of amides is 1. The Kier molecular flexibility index (Phi) is 4.89. The van der Waals surface area contributed by atoms with Crippen molar-refractivity contribution < 1.29 is 14.5 Å². The third kappa shape index (κ3) is 3.71. The lowest BCUT2D eigenvalue weighted by Gasteiger charge is -2.11. The van der Waals surface area contributed by atoms with Crippen molar-refractivity contribution in [3.05, 3.63) is 33.4 Å². The van der Waals surface area contributed by atoms with Crippen LogP contribution in [0, 0.1) is 36.3 Å². The molecule has 0 heterocycles. The number of carbonyl (C=O) groups is 1. The first-order valence-corrected chi connectivity index (χ1v) is 5.55. The highest BCUT2D eigenvalue weighted by Gasteiger charge is 2.17. The zero-order valence-electron chi connectivity index (χ0n) is 10.7. The largest absolute Gasteiger partial charge is 0.483 e. The van der Waals surface area contributed by atoms with Crippen molar-refractivity contribution in [1.82, 2.24) is 5.32 Å². The molecular formula is C13H14N2O4. The molecule has 1 aromatic carbocycles. The molecule has 0 fully saturated rings. The molecule has 100 valence electrons. The molecule has 1 aromatic rings. The lowest BCUT2D eigenvalue weighted by molar-refractivity contribution is -0.385. The number of ether oxygens (including phenoxy) is 1. The van der Waals surface area contributed by atoms with Gasteiger partial charge in [-0.2, -0.15) is 0 Å². The van der Waals surface area contributed by atoms with Crippen LogP contribution < -0.4 is 10.1 Å². The van der Waals surface area contributed by atoms with E-state index in [9.17, 15) is 14.9 Å². The predicted molar refractivity (Wildman–Crippen MR) is 69.9 cm³/mol. The van der Waals surface area contributed by atoms with Crippen LogP contribution in [0.5, 0.6) is 5.75 Å². The summed E-state index contributed by atoms with van der Waals surface area (Å²) in [6, 6.07) is 3.00. The number of nitro benzene ring substituents is 1. The van der Waals surface area contributed by atoms with Gasteiger partial charge in [-0.3, -0.25) is 14.9 Å². The topological polar surface area (TPSA) is 81.5 Å². The number of nitrogens with zero attached hydrogens (tertiary/aromatic N) is 1. The number of nitro groups is 1. The predicted octanol–water partition coefficient (Wildman–Crippen LogP) is 1.34. The molecule has 0 aliphatic heterocycles. The molecule has 0 aliphatic rings. The standard InChI is InChI=1S/C13H14N2O4/c1-4-7-14-12(16)8-19-13-9(2)5-6-11(10(13)3)15(17)18/h1,5-6H,7-8H2,2-3H3,(H,14,16). The normalized spacial score (nSPS) is 9.53. The third-order valence-electron chi connectivity index (χ3n) is 2.51. The van der Waals surface area contributed by atoms with E-state index in [0.29, 0.717) is 11.3 Å². The number of nitrogens with one attached hydrogen (secondary N) is 1. The summed E-state index contributed by atoms with van der Waals surface area (Å²) in [6.45, 7) is 3.23. The Hall–Kier alpha value is -2.55. The molecule has 1 N–H and O–H groups in total. The van der Waals surface area contributed by atoms with Crippen molar-refractivity contribution in [2.45, 2.75) is 13.8 Å². The van der Waals surface area contributed by atoms with Crippen molar-refractivity contribution in [1.29, 1.82) is 0 Å². The van der Waals surface area contributed by atoms with E-state index in [-0.39, 0.29) is 24.7 Å². The Morgan fingerprint density at radius 3 is 2.79 bits per heavy atom. The lowest BCUT2D eigenvalue weighted by atomic mass is 10.1. The van der Waals surface area contributed by atoms with Gasteiger partial charge in [0.15, 0.2) is 6.61 Å². The zero-order valence-corrected chi connectivity index (χ0v) is 10.7. The number of terminal acetylenes is 1. The van der Waals surface area contributed by atoms with E-state index in [1.807, 2.05) is 0 Å². The summed E-state index contributed by atoms with van der Waals surface area (Å²) < 4.78 is 5.33. The SMILES string of the molecule is C#CCNC(=O)COc1c(C)ccc([N+](=O)[O-])c1C. The maximum Gasteiger partial charge on any atom is 0.276 e. The highest BCUT2D eigenvalue weighted by atomic mass is 16.6. The van der Waals surface area contributed by atoms with Gasteiger partial charge >= 0.3 is 0 Å². The zero-order chi connectivity index (χ0) is 14.4. The van der Waals surface area contributed by atoms with Gasteiger partial charge in [0.2, 0.25) is 0 Å². The first kappa shape index (κ1) is 14.5. The lowest BCUT2D eigenvalue weighted by Crippen LogP contribution is -2.29. The molecule has 6 heteroatoms. The van der Waals surface area contributed by atoms with Crippen molar-refractivity contribution in [3.8, 4) is 18.1 Å². The molecule has 0 saturated heterocycles. The van der Waals surface area contributed by atoms with Crippen LogP contribution in [0.25, 0.3) is 0 Å². The molecule has 0 radical (unpaired) electrons. The monoisotopic (exact) mass is 262 g/mol. The summed E-state index contributed by atoms with van der Waals surface area (Å²) in [6.07, 6.45) is 5.00. The van der Waals surface area contributed by atoms with E-state index in [0.717, 1.165) is 5.56 Å². The molecule has 1 amide bonds. The second kappa shape index (κ2) is 6.40. The number of hydrogen-bond donors (Lipinski definition) is 1. The van der Waals surface area contributed by atoms with E-state index in [1.165, 1.54) is 6.07 Å². The maximum absolute atomic E-state index is 11.4. The highest BCUT2D eigenvalue weighted by molar-refractivity contribution is 5.77. The quantitative estimate of drug-likeness (QED) is 0.493. The van der Waals surface area contributed by atoms with Gasteiger partial charge in [-0.15, -0.1) is 6.42 Å². The Balaban J connectivity index is 2.84. The average Bonchev–Trinajstić information content (AvgIpc) is 2.35. The molecular weight excluding hydrogens is 248 g/mol. The van der Waals surface area contributed by atoms with Gasteiger partial charge in [-0.05, 0) is 25.5 Å². The number of rotatable bonds is 5. The van der Waals surface area contributed by atoms with Gasteiger partial charge < -0.3 is 10.1 Å². The van der Waals surface area contributed by atoms with Crippen LogP contribution in [0.15, 0.2) is 12.1 Å². The Bertz CT molecular complexity index is 546. The summed E-state index contributed by atoms with van der Waals surface area (Å²) in [4.78, 5) is 21.7. The maximum atomic E-state index is 11.4. The molecule has 0 spiro atoms. The first-order valence-electron chi connectivity index (χ1n) is 5.55. The van der Waals surface area contributed by atoms with E-state index >= 15 is 0 Å². The van der Waals surface area contributed by atoms with Gasteiger partial charge in [0.1, 0.15) is 5.75 Å². The Morgan fingerprint density at radius 2 is 2.21 bits per heavy atom. The molecule has 0 atom stereocenters. The number of aryl methyl sites for hydroxylation is 1. The van der Waals surface area contributed by atoms with Crippen molar-refractivity contribution >= 4 is 11.6 Å². The van der Waals surface area contributed by atoms with Crippen molar-refractivity contribution in [3.63, 3.8) is 0 Å². The van der Waals surface area contributed by atoms with Crippen LogP contribution in [0.3, 0.4) is 0 Å². The summed E-state index contributed by atoms with van der Waals surface area (Å²) in [5, 5.41) is 13.3. The van der Waals surface area contributed by atoms with Crippen LogP contribution in [0.4, 0.5) is 5.69 Å². The highest BCUT2D eigenvalue weighted by Crippen LogP contribution is 2.30. The van der Waals surface area contributed by atoms with E-state index in [2.05, 4.69) is 11.2 Å². The molecule has 0 saturated carbocycles. The smallest absolute Gasteiger partial charge is 0.276 e. The second-order valence-electron chi connectivity index (χ2n) is 3.88. The van der Waals surface area contributed by atoms with Gasteiger partial charge in [0, 0.05) is 6.07 Å². The summed E-state index contributed by atoms with van der Waals surface area (Å²) in [5.41, 5.74) is 1.09. The third-order valence-corrected chi connectivity index (χ3v) is 2.51. The number of carbonyl (C=O) groups excluding carboxylic acids is 1. The Morgan fingerprint density at radius 1 is 1.53 bits per heavy atom. The van der Waals surface area contributed by atoms with Crippen LogP contribution >= 0.6 is 0 Å². The Labute approximate surface area is 110 Å². The fraction of sp³-hybridized carbons (Fsp3) is 0.308. The minimum absolute atomic E-state index is 0.0374. The second-order valence-corrected chi connectivity index (χ2v) is 3.88. The van der Waals surface area contributed by atoms with Crippen molar-refractivity contribution in [2.24, 2.45) is 0 Å². The van der Waals surface area contributed by atoms with Crippen LogP contribution in [-0.2, 0) is 4.79 Å². The first-order chi connectivity index (χ1) is 8.97. The van der Waals surface area contributed by atoms with E-state index < -0.39 is 4.92 Å². The van der Waals surface area contributed by atoms with E-state index in [1.54, 1.807) is 19.9 Å². The average molecular weight is 262 g/mol. The summed E-state index contributed by atoms with van der Waals surface area (Å²) in [5.74, 6) is 2.25. The van der Waals surface area contributed by atoms with Crippen LogP contribution in [-0.4, -0.2) is 24.0 Å². The summed E-state index contributed by atoms with van der Waals surface area (Å²) >= 11 is 0. The molecule has 19 heavy (non-hydrogen) atoms. The minimum atomic E-state index is -0.486.